The summed E-state index contributed by atoms with van der Waals surface area (Å²) in [5.74, 6) is 1.85. The first-order valence-electron chi connectivity index (χ1n) is 9.24. The van der Waals surface area contributed by atoms with E-state index >= 15 is 0 Å². The van der Waals surface area contributed by atoms with E-state index in [9.17, 15) is 8.42 Å². The summed E-state index contributed by atoms with van der Waals surface area (Å²) in [6.07, 6.45) is 0. The average molecular weight is 437 g/mol. The van der Waals surface area contributed by atoms with E-state index in [0.29, 0.717) is 40.0 Å². The fraction of sp³-hybridized carbons (Fsp3) is 0.0909. The fourth-order valence-electron chi connectivity index (χ4n) is 2.93. The Labute approximate surface area is 179 Å². The van der Waals surface area contributed by atoms with Gasteiger partial charge in [0.2, 0.25) is 5.82 Å². The Bertz CT molecular complexity index is 1290. The number of hydrogen-bond donors (Lipinski definition) is 1. The Morgan fingerprint density at radius 3 is 2.19 bits per heavy atom. The number of benzene rings is 3. The first-order valence-corrected chi connectivity index (χ1v) is 10.7. The van der Waals surface area contributed by atoms with Crippen LogP contribution in [0.25, 0.3) is 22.8 Å². The van der Waals surface area contributed by atoms with Crippen molar-refractivity contribution >= 4 is 15.7 Å². The van der Waals surface area contributed by atoms with E-state index in [4.69, 9.17) is 14.0 Å². The summed E-state index contributed by atoms with van der Waals surface area (Å²) in [5.41, 5.74) is 1.79. The molecular formula is C22H19N3O5S. The molecule has 1 aromatic heterocycles. The third kappa shape index (κ3) is 4.36. The first kappa shape index (κ1) is 20.4. The maximum Gasteiger partial charge on any atom is 0.261 e. The minimum atomic E-state index is -3.66. The minimum absolute atomic E-state index is 0.191. The molecule has 158 valence electrons. The second kappa shape index (κ2) is 8.49. The Balaban J connectivity index is 1.54. The second-order valence-electron chi connectivity index (χ2n) is 6.49. The van der Waals surface area contributed by atoms with Gasteiger partial charge in [0, 0.05) is 16.8 Å². The molecule has 0 bridgehead atoms. The normalized spacial score (nSPS) is 11.2. The van der Waals surface area contributed by atoms with Gasteiger partial charge in [-0.3, -0.25) is 4.72 Å². The lowest BCUT2D eigenvalue weighted by molar-refractivity contribution is 0.355. The number of hydrogen-bond acceptors (Lipinski definition) is 7. The van der Waals surface area contributed by atoms with Gasteiger partial charge >= 0.3 is 0 Å². The van der Waals surface area contributed by atoms with Gasteiger partial charge in [-0.05, 0) is 54.6 Å². The third-order valence-electron chi connectivity index (χ3n) is 4.51. The topological polar surface area (TPSA) is 104 Å². The maximum absolute atomic E-state index is 12.4. The van der Waals surface area contributed by atoms with Gasteiger partial charge in [0.15, 0.2) is 11.5 Å². The summed E-state index contributed by atoms with van der Waals surface area (Å²) in [6.45, 7) is 0. The minimum Gasteiger partial charge on any atom is -0.493 e. The molecule has 1 heterocycles. The van der Waals surface area contributed by atoms with E-state index in [0.717, 1.165) is 0 Å². The molecule has 0 aliphatic heterocycles. The molecule has 0 amide bonds. The van der Waals surface area contributed by atoms with Crippen molar-refractivity contribution in [3.63, 3.8) is 0 Å². The Kier molecular flexibility index (Phi) is 5.59. The molecule has 0 unspecified atom stereocenters. The first-order chi connectivity index (χ1) is 15.0. The SMILES string of the molecule is COc1ccc(-c2nc(-c3ccc(NS(=O)(=O)c4ccccc4)cc3)no2)cc1OC. The predicted molar refractivity (Wildman–Crippen MR) is 116 cm³/mol. The number of anilines is 1. The van der Waals surface area contributed by atoms with Crippen molar-refractivity contribution < 1.29 is 22.4 Å². The Morgan fingerprint density at radius 1 is 0.839 bits per heavy atom. The number of sulfonamides is 1. The molecule has 4 aromatic rings. The molecular weight excluding hydrogens is 418 g/mol. The molecule has 0 aliphatic rings. The van der Waals surface area contributed by atoms with E-state index < -0.39 is 10.0 Å². The number of methoxy groups -OCH3 is 2. The van der Waals surface area contributed by atoms with Crippen molar-refractivity contribution in [1.29, 1.82) is 0 Å². The monoisotopic (exact) mass is 437 g/mol. The van der Waals surface area contributed by atoms with Gasteiger partial charge in [-0.1, -0.05) is 23.4 Å². The van der Waals surface area contributed by atoms with E-state index in [1.165, 1.54) is 12.1 Å². The Hall–Kier alpha value is -3.85. The zero-order valence-corrected chi connectivity index (χ0v) is 17.6. The van der Waals surface area contributed by atoms with E-state index in [1.807, 2.05) is 0 Å². The quantitative estimate of drug-likeness (QED) is 0.462. The van der Waals surface area contributed by atoms with Gasteiger partial charge in [-0.15, -0.1) is 0 Å². The van der Waals surface area contributed by atoms with Gasteiger partial charge in [0.05, 0.1) is 19.1 Å². The lowest BCUT2D eigenvalue weighted by Gasteiger charge is -2.08. The van der Waals surface area contributed by atoms with Crippen LogP contribution in [-0.2, 0) is 10.0 Å². The van der Waals surface area contributed by atoms with Crippen molar-refractivity contribution in [3.05, 3.63) is 72.8 Å². The van der Waals surface area contributed by atoms with Crippen molar-refractivity contribution in [2.24, 2.45) is 0 Å². The van der Waals surface area contributed by atoms with Gasteiger partial charge in [0.1, 0.15) is 0 Å². The summed E-state index contributed by atoms with van der Waals surface area (Å²) < 4.78 is 43.4. The van der Waals surface area contributed by atoms with Crippen LogP contribution in [0.4, 0.5) is 5.69 Å². The van der Waals surface area contributed by atoms with Crippen LogP contribution in [0, 0.1) is 0 Å². The zero-order chi connectivity index (χ0) is 21.8. The second-order valence-corrected chi connectivity index (χ2v) is 8.17. The molecule has 0 atom stereocenters. The van der Waals surface area contributed by atoms with Crippen LogP contribution in [0.15, 0.2) is 82.2 Å². The molecule has 0 saturated heterocycles. The molecule has 0 spiro atoms. The van der Waals surface area contributed by atoms with Crippen molar-refractivity contribution in [1.82, 2.24) is 10.1 Å². The highest BCUT2D eigenvalue weighted by Crippen LogP contribution is 2.32. The van der Waals surface area contributed by atoms with Gasteiger partial charge < -0.3 is 14.0 Å². The highest BCUT2D eigenvalue weighted by molar-refractivity contribution is 7.92. The van der Waals surface area contributed by atoms with Crippen molar-refractivity contribution in [2.75, 3.05) is 18.9 Å². The van der Waals surface area contributed by atoms with Crippen molar-refractivity contribution in [3.8, 4) is 34.3 Å². The van der Waals surface area contributed by atoms with Crippen LogP contribution in [0.3, 0.4) is 0 Å². The summed E-state index contributed by atoms with van der Waals surface area (Å²) >= 11 is 0. The number of nitrogens with one attached hydrogen (secondary N) is 1. The highest BCUT2D eigenvalue weighted by Gasteiger charge is 2.15. The van der Waals surface area contributed by atoms with E-state index in [2.05, 4.69) is 14.9 Å². The largest absolute Gasteiger partial charge is 0.493 e. The van der Waals surface area contributed by atoms with Gasteiger partial charge in [0.25, 0.3) is 15.9 Å². The van der Waals surface area contributed by atoms with Crippen LogP contribution < -0.4 is 14.2 Å². The predicted octanol–water partition coefficient (Wildman–Crippen LogP) is 4.22. The fourth-order valence-corrected chi connectivity index (χ4v) is 4.01. The average Bonchev–Trinajstić information content (AvgIpc) is 3.30. The number of ether oxygens (including phenoxy) is 2. The standard InChI is InChI=1S/C22H19N3O5S/c1-28-19-13-10-16(14-20(19)29-2)22-23-21(24-30-22)15-8-11-17(12-9-15)25-31(26,27)18-6-4-3-5-7-18/h3-14,25H,1-2H3. The number of aromatic nitrogens is 2. The van der Waals surface area contributed by atoms with Crippen LogP contribution in [0.5, 0.6) is 11.5 Å². The van der Waals surface area contributed by atoms with Crippen molar-refractivity contribution in [2.45, 2.75) is 4.90 Å². The molecule has 0 radical (unpaired) electrons. The molecule has 1 N–H and O–H groups in total. The smallest absolute Gasteiger partial charge is 0.261 e. The Morgan fingerprint density at radius 2 is 1.52 bits per heavy atom. The van der Waals surface area contributed by atoms with Crippen LogP contribution in [0.1, 0.15) is 0 Å². The molecule has 0 aliphatic carbocycles. The van der Waals surface area contributed by atoms with Crippen LogP contribution in [-0.4, -0.2) is 32.8 Å². The molecule has 0 saturated carbocycles. The lowest BCUT2D eigenvalue weighted by atomic mass is 10.2. The summed E-state index contributed by atoms with van der Waals surface area (Å²) in [6, 6.07) is 20.2. The lowest BCUT2D eigenvalue weighted by Crippen LogP contribution is -2.12. The number of nitrogens with zero attached hydrogens (tertiary/aromatic N) is 2. The summed E-state index contributed by atoms with van der Waals surface area (Å²) in [5, 5.41) is 4.02. The summed E-state index contributed by atoms with van der Waals surface area (Å²) in [7, 11) is -0.546. The molecule has 3 aromatic carbocycles. The van der Waals surface area contributed by atoms with E-state index in [1.54, 1.807) is 74.9 Å². The number of rotatable bonds is 7. The summed E-state index contributed by atoms with van der Waals surface area (Å²) in [4.78, 5) is 4.61. The van der Waals surface area contributed by atoms with Gasteiger partial charge in [-0.25, -0.2) is 8.42 Å². The highest BCUT2D eigenvalue weighted by atomic mass is 32.2. The molecule has 4 rings (SSSR count). The third-order valence-corrected chi connectivity index (χ3v) is 5.90. The molecule has 31 heavy (non-hydrogen) atoms. The van der Waals surface area contributed by atoms with E-state index in [-0.39, 0.29) is 4.90 Å². The molecule has 9 heteroatoms. The molecule has 8 nitrogen and oxygen atoms in total. The van der Waals surface area contributed by atoms with Crippen LogP contribution in [0.2, 0.25) is 0 Å². The molecule has 0 fully saturated rings. The van der Waals surface area contributed by atoms with Gasteiger partial charge in [-0.2, -0.15) is 4.98 Å². The maximum atomic E-state index is 12.4. The van der Waals surface area contributed by atoms with Crippen LogP contribution >= 0.6 is 0 Å². The zero-order valence-electron chi connectivity index (χ0n) is 16.8.